The number of imide groups is 1. The number of ether oxygens (including phenoxy) is 2. The average molecular weight is 397 g/mol. The van der Waals surface area contributed by atoms with Crippen molar-refractivity contribution in [1.29, 1.82) is 0 Å². The summed E-state index contributed by atoms with van der Waals surface area (Å²) in [6, 6.07) is 16.1. The molecule has 0 aliphatic carbocycles. The number of thioether (sulfide) groups is 1. The van der Waals surface area contributed by atoms with Crippen LogP contribution >= 0.6 is 11.8 Å². The summed E-state index contributed by atoms with van der Waals surface area (Å²) in [6.07, 6.45) is 1.62. The molecule has 3 rings (SSSR count). The van der Waals surface area contributed by atoms with Crippen LogP contribution in [-0.4, -0.2) is 35.2 Å². The first-order chi connectivity index (χ1) is 13.5. The second-order valence-corrected chi connectivity index (χ2v) is 7.09. The van der Waals surface area contributed by atoms with Crippen molar-refractivity contribution < 1.29 is 23.9 Å². The fraction of sp³-hybridized carbons (Fsp3) is 0.190. The fourth-order valence-corrected chi connectivity index (χ4v) is 3.55. The SMILES string of the molecule is COC(=O)[C@H](C)N1C(=O)S/C(=C/c2ccc(OCc3ccccc3)cc2)C1=O. The molecule has 0 radical (unpaired) electrons. The van der Waals surface area contributed by atoms with Gasteiger partial charge in [-0.2, -0.15) is 0 Å². The van der Waals surface area contributed by atoms with Crippen molar-refractivity contribution in [2.75, 3.05) is 7.11 Å². The van der Waals surface area contributed by atoms with Gasteiger partial charge in [0, 0.05) is 0 Å². The molecule has 1 aliphatic rings. The van der Waals surface area contributed by atoms with E-state index in [4.69, 9.17) is 4.74 Å². The number of esters is 1. The molecule has 2 amide bonds. The standard InChI is InChI=1S/C21H19NO5S/c1-14(20(24)26-2)22-19(23)18(28-21(22)25)12-15-8-10-17(11-9-15)27-13-16-6-4-3-5-7-16/h3-12,14H,13H2,1-2H3/b18-12+/t14-/m0/s1. The summed E-state index contributed by atoms with van der Waals surface area (Å²) in [5.41, 5.74) is 1.82. The van der Waals surface area contributed by atoms with Crippen LogP contribution in [-0.2, 0) is 20.9 Å². The van der Waals surface area contributed by atoms with E-state index in [1.54, 1.807) is 30.3 Å². The lowest BCUT2D eigenvalue weighted by molar-refractivity contribution is -0.148. The summed E-state index contributed by atoms with van der Waals surface area (Å²) >= 11 is 0.804. The first-order valence-corrected chi connectivity index (χ1v) is 9.43. The van der Waals surface area contributed by atoms with Crippen LogP contribution in [0.25, 0.3) is 6.08 Å². The molecule has 0 spiro atoms. The van der Waals surface area contributed by atoms with E-state index in [1.807, 2.05) is 30.3 Å². The Hall–Kier alpha value is -3.06. The van der Waals surface area contributed by atoms with Crippen LogP contribution in [0.1, 0.15) is 18.1 Å². The summed E-state index contributed by atoms with van der Waals surface area (Å²) in [7, 11) is 1.22. The third kappa shape index (κ3) is 4.43. The Balaban J connectivity index is 1.67. The van der Waals surface area contributed by atoms with Crippen molar-refractivity contribution >= 4 is 35.0 Å². The molecule has 0 N–H and O–H groups in total. The maximum atomic E-state index is 12.5. The summed E-state index contributed by atoms with van der Waals surface area (Å²) in [6.45, 7) is 1.93. The van der Waals surface area contributed by atoms with E-state index in [0.717, 1.165) is 27.8 Å². The molecule has 1 saturated heterocycles. The zero-order valence-corrected chi connectivity index (χ0v) is 16.3. The van der Waals surface area contributed by atoms with Gasteiger partial charge in [0.25, 0.3) is 11.1 Å². The molecule has 6 nitrogen and oxygen atoms in total. The Morgan fingerprint density at radius 2 is 1.79 bits per heavy atom. The normalized spacial score (nSPS) is 16.4. The minimum absolute atomic E-state index is 0.263. The van der Waals surface area contributed by atoms with Crippen molar-refractivity contribution in [3.63, 3.8) is 0 Å². The van der Waals surface area contributed by atoms with Gasteiger partial charge in [0.15, 0.2) is 0 Å². The highest BCUT2D eigenvalue weighted by atomic mass is 32.2. The van der Waals surface area contributed by atoms with E-state index < -0.39 is 23.2 Å². The topological polar surface area (TPSA) is 72.9 Å². The molecule has 2 aromatic carbocycles. The smallest absolute Gasteiger partial charge is 0.328 e. The zero-order chi connectivity index (χ0) is 20.1. The number of benzene rings is 2. The van der Waals surface area contributed by atoms with Crippen LogP contribution in [0.5, 0.6) is 5.75 Å². The third-order valence-electron chi connectivity index (χ3n) is 4.18. The minimum atomic E-state index is -0.961. The Kier molecular flexibility index (Phi) is 6.16. The zero-order valence-electron chi connectivity index (χ0n) is 15.5. The molecule has 0 saturated carbocycles. The molecule has 1 heterocycles. The van der Waals surface area contributed by atoms with Crippen LogP contribution in [0.2, 0.25) is 0 Å². The predicted octanol–water partition coefficient (Wildman–Crippen LogP) is 3.86. The second-order valence-electron chi connectivity index (χ2n) is 6.09. The van der Waals surface area contributed by atoms with Gasteiger partial charge in [0.1, 0.15) is 18.4 Å². The number of hydrogen-bond acceptors (Lipinski definition) is 6. The van der Waals surface area contributed by atoms with Crippen LogP contribution in [0.15, 0.2) is 59.5 Å². The van der Waals surface area contributed by atoms with Gasteiger partial charge in [-0.15, -0.1) is 0 Å². The Morgan fingerprint density at radius 1 is 1.11 bits per heavy atom. The molecule has 7 heteroatoms. The van der Waals surface area contributed by atoms with Gasteiger partial charge in [-0.3, -0.25) is 14.5 Å². The summed E-state index contributed by atoms with van der Waals surface area (Å²) in [5, 5.41) is -0.489. The van der Waals surface area contributed by atoms with E-state index in [2.05, 4.69) is 4.74 Å². The van der Waals surface area contributed by atoms with E-state index >= 15 is 0 Å². The van der Waals surface area contributed by atoms with Crippen molar-refractivity contribution in [1.82, 2.24) is 4.90 Å². The molecule has 0 aromatic heterocycles. The quantitative estimate of drug-likeness (QED) is 0.544. The highest BCUT2D eigenvalue weighted by molar-refractivity contribution is 8.18. The van der Waals surface area contributed by atoms with Crippen molar-refractivity contribution in [2.45, 2.75) is 19.6 Å². The first-order valence-electron chi connectivity index (χ1n) is 8.61. The molecule has 1 aliphatic heterocycles. The summed E-state index contributed by atoms with van der Waals surface area (Å²) < 4.78 is 10.4. The number of methoxy groups -OCH3 is 1. The van der Waals surface area contributed by atoms with Crippen molar-refractivity contribution in [2.24, 2.45) is 0 Å². The molecular formula is C21H19NO5S. The largest absolute Gasteiger partial charge is 0.489 e. The van der Waals surface area contributed by atoms with Crippen molar-refractivity contribution in [3.05, 3.63) is 70.6 Å². The molecule has 0 unspecified atom stereocenters. The molecule has 1 atom stereocenters. The second kappa shape index (κ2) is 8.75. The van der Waals surface area contributed by atoms with Crippen LogP contribution in [0.4, 0.5) is 4.79 Å². The predicted molar refractivity (Wildman–Crippen MR) is 107 cm³/mol. The Labute approximate surface area is 167 Å². The van der Waals surface area contributed by atoms with Gasteiger partial charge >= 0.3 is 5.97 Å². The maximum absolute atomic E-state index is 12.5. The number of amides is 2. The molecule has 144 valence electrons. The molecule has 28 heavy (non-hydrogen) atoms. The lowest BCUT2D eigenvalue weighted by atomic mass is 10.2. The highest BCUT2D eigenvalue weighted by Crippen LogP contribution is 2.34. The molecule has 2 aromatic rings. The lowest BCUT2D eigenvalue weighted by Crippen LogP contribution is -2.42. The lowest BCUT2D eigenvalue weighted by Gasteiger charge is -2.18. The first kappa shape index (κ1) is 19.7. The monoisotopic (exact) mass is 397 g/mol. The van der Waals surface area contributed by atoms with Gasteiger partial charge in [0.2, 0.25) is 0 Å². The van der Waals surface area contributed by atoms with E-state index in [9.17, 15) is 14.4 Å². The third-order valence-corrected chi connectivity index (χ3v) is 5.06. The Bertz CT molecular complexity index is 908. The number of carbonyl (C=O) groups excluding carboxylic acids is 3. The van der Waals surface area contributed by atoms with Gasteiger partial charge < -0.3 is 9.47 Å². The van der Waals surface area contributed by atoms with Crippen LogP contribution in [0, 0.1) is 0 Å². The van der Waals surface area contributed by atoms with Crippen molar-refractivity contribution in [3.8, 4) is 5.75 Å². The maximum Gasteiger partial charge on any atom is 0.328 e. The van der Waals surface area contributed by atoms with Gasteiger partial charge in [-0.1, -0.05) is 42.5 Å². The van der Waals surface area contributed by atoms with Gasteiger partial charge in [0.05, 0.1) is 12.0 Å². The number of hydrogen-bond donors (Lipinski definition) is 0. The van der Waals surface area contributed by atoms with Gasteiger partial charge in [-0.05, 0) is 48.0 Å². The number of rotatable bonds is 6. The summed E-state index contributed by atoms with van der Waals surface area (Å²) in [5.74, 6) is -0.436. The molecular weight excluding hydrogens is 378 g/mol. The van der Waals surface area contributed by atoms with E-state index in [-0.39, 0.29) is 4.91 Å². The van der Waals surface area contributed by atoms with Crippen LogP contribution < -0.4 is 4.74 Å². The highest BCUT2D eigenvalue weighted by Gasteiger charge is 2.41. The molecule has 0 bridgehead atoms. The Morgan fingerprint density at radius 3 is 2.43 bits per heavy atom. The van der Waals surface area contributed by atoms with Crippen LogP contribution in [0.3, 0.4) is 0 Å². The minimum Gasteiger partial charge on any atom is -0.489 e. The number of carbonyl (C=O) groups is 3. The average Bonchev–Trinajstić information content (AvgIpc) is 3.00. The van der Waals surface area contributed by atoms with E-state index in [0.29, 0.717) is 12.4 Å². The number of nitrogens with zero attached hydrogens (tertiary/aromatic N) is 1. The van der Waals surface area contributed by atoms with E-state index in [1.165, 1.54) is 14.0 Å². The van der Waals surface area contributed by atoms with Gasteiger partial charge in [-0.25, -0.2) is 4.79 Å². The fourth-order valence-electron chi connectivity index (χ4n) is 2.64. The molecule has 1 fully saturated rings. The summed E-state index contributed by atoms with van der Waals surface area (Å²) in [4.78, 5) is 37.4.